The van der Waals surface area contributed by atoms with Crippen LogP contribution in [-0.4, -0.2) is 71.5 Å². The van der Waals surface area contributed by atoms with Gasteiger partial charge < -0.3 is 24.6 Å². The minimum Gasteiger partial charge on any atom is -0.462 e. The standard InChI is InChI=1S/C46H75O11P/c1-3-5-7-8-9-10-11-12-13-14-15-16-19-23-26-29-33-37-46(51)57-44(41-56-58(52,53)55-39-43(49)38-47)40-54-45(50)36-32-28-25-22-20-17-18-21-24-27-31-35-42(48)34-30-6-4-2/h9-10,12-13,15-18,22,24-25,27,31,35,43-44,47,49H,3-8,11,14,19-21,23,26,28-30,32-34,36-41H2,1-2H3,(H,52,53)/b10-9-,13-12-,16-15-,18-17-,25-22-,27-24-,35-31+/t43-,44+/m0/s1. The third-order valence-electron chi connectivity index (χ3n) is 8.50. The molecule has 3 N–H and O–H groups in total. The van der Waals surface area contributed by atoms with Crippen LogP contribution < -0.4 is 0 Å². The number of phosphoric ester groups is 1. The largest absolute Gasteiger partial charge is 0.472 e. The number of ketones is 1. The molecule has 0 aliphatic heterocycles. The van der Waals surface area contributed by atoms with Gasteiger partial charge in [-0.3, -0.25) is 23.4 Å². The van der Waals surface area contributed by atoms with Crippen molar-refractivity contribution < 1.29 is 52.6 Å². The SMILES string of the molecule is CCCCC/C=C\C/C=C\C/C=C\CCCCCCC(=O)O[C@H](COC(=O)CCC/C=C\C/C=C\C/C=C\C=C\C(=O)CCCCC)COP(=O)(O)OC[C@@H](O)CO. The Morgan fingerprint density at radius 3 is 1.69 bits per heavy atom. The monoisotopic (exact) mass is 835 g/mol. The minimum atomic E-state index is -4.65. The minimum absolute atomic E-state index is 0.129. The fraction of sp³-hybridized carbons (Fsp3) is 0.630. The summed E-state index contributed by atoms with van der Waals surface area (Å²) < 4.78 is 32.6. The highest BCUT2D eigenvalue weighted by atomic mass is 31.2. The third-order valence-corrected chi connectivity index (χ3v) is 9.45. The van der Waals surface area contributed by atoms with Crippen LogP contribution in [0.3, 0.4) is 0 Å². The van der Waals surface area contributed by atoms with Gasteiger partial charge in [-0.1, -0.05) is 131 Å². The summed E-state index contributed by atoms with van der Waals surface area (Å²) in [5, 5.41) is 18.3. The van der Waals surface area contributed by atoms with E-state index in [0.29, 0.717) is 25.7 Å². The Hall–Kier alpha value is -3.18. The topological polar surface area (TPSA) is 166 Å². The molecule has 0 aliphatic carbocycles. The van der Waals surface area contributed by atoms with Gasteiger partial charge in [0.2, 0.25) is 0 Å². The Morgan fingerprint density at radius 1 is 0.569 bits per heavy atom. The van der Waals surface area contributed by atoms with Gasteiger partial charge in [0.15, 0.2) is 11.9 Å². The van der Waals surface area contributed by atoms with E-state index in [9.17, 15) is 28.9 Å². The molecule has 0 spiro atoms. The average molecular weight is 835 g/mol. The molecule has 0 saturated heterocycles. The summed E-state index contributed by atoms with van der Waals surface area (Å²) >= 11 is 0. The van der Waals surface area contributed by atoms with Crippen LogP contribution in [0.15, 0.2) is 85.1 Å². The zero-order chi connectivity index (χ0) is 42.8. The van der Waals surface area contributed by atoms with E-state index in [2.05, 4.69) is 54.8 Å². The summed E-state index contributed by atoms with van der Waals surface area (Å²) in [4.78, 5) is 46.7. The quantitative estimate of drug-likeness (QED) is 0.0135. The zero-order valence-electron chi connectivity index (χ0n) is 35.5. The summed E-state index contributed by atoms with van der Waals surface area (Å²) in [6.07, 6.45) is 43.9. The fourth-order valence-electron chi connectivity index (χ4n) is 5.12. The van der Waals surface area contributed by atoms with Gasteiger partial charge in [-0.15, -0.1) is 0 Å². The number of hydrogen-bond acceptors (Lipinski definition) is 10. The highest BCUT2D eigenvalue weighted by Gasteiger charge is 2.27. The van der Waals surface area contributed by atoms with Crippen molar-refractivity contribution in [3.8, 4) is 0 Å². The van der Waals surface area contributed by atoms with Crippen LogP contribution in [0.4, 0.5) is 0 Å². The number of rotatable bonds is 39. The Kier molecular flexibility index (Phi) is 38.4. The number of carbonyl (C=O) groups excluding carboxylic acids is 3. The van der Waals surface area contributed by atoms with Crippen LogP contribution in [0.1, 0.15) is 149 Å². The predicted octanol–water partition coefficient (Wildman–Crippen LogP) is 10.6. The van der Waals surface area contributed by atoms with Crippen LogP contribution in [0.5, 0.6) is 0 Å². The van der Waals surface area contributed by atoms with Crippen molar-refractivity contribution in [2.75, 3.05) is 26.4 Å². The lowest BCUT2D eigenvalue weighted by atomic mass is 10.1. The molecule has 12 heteroatoms. The fourth-order valence-corrected chi connectivity index (χ4v) is 5.91. The first kappa shape index (κ1) is 54.8. The number of phosphoric acid groups is 1. The molecule has 11 nitrogen and oxygen atoms in total. The first-order valence-electron chi connectivity index (χ1n) is 21.5. The predicted molar refractivity (Wildman–Crippen MR) is 233 cm³/mol. The van der Waals surface area contributed by atoms with Gasteiger partial charge in [0.25, 0.3) is 0 Å². The number of ether oxygens (including phenoxy) is 2. The molecule has 330 valence electrons. The Morgan fingerprint density at radius 2 is 1.07 bits per heavy atom. The van der Waals surface area contributed by atoms with Gasteiger partial charge >= 0.3 is 19.8 Å². The Labute approximate surface area is 349 Å². The normalized spacial score (nSPS) is 14.6. The summed E-state index contributed by atoms with van der Waals surface area (Å²) in [6, 6.07) is 0. The maximum Gasteiger partial charge on any atom is 0.472 e. The van der Waals surface area contributed by atoms with Crippen molar-refractivity contribution in [3.63, 3.8) is 0 Å². The average Bonchev–Trinajstić information content (AvgIpc) is 3.20. The molecule has 0 aromatic carbocycles. The van der Waals surface area contributed by atoms with E-state index in [1.807, 2.05) is 36.5 Å². The van der Waals surface area contributed by atoms with Gasteiger partial charge in [-0.05, 0) is 83.1 Å². The van der Waals surface area contributed by atoms with Crippen molar-refractivity contribution in [2.45, 2.75) is 161 Å². The summed E-state index contributed by atoms with van der Waals surface area (Å²) in [6.45, 7) is 2.06. The Bertz CT molecular complexity index is 1300. The van der Waals surface area contributed by atoms with Crippen LogP contribution >= 0.6 is 7.82 Å². The second-order valence-electron chi connectivity index (χ2n) is 14.0. The van der Waals surface area contributed by atoms with E-state index in [1.54, 1.807) is 12.2 Å². The lowest BCUT2D eigenvalue weighted by Crippen LogP contribution is -2.29. The van der Waals surface area contributed by atoms with Crippen molar-refractivity contribution >= 4 is 25.5 Å². The lowest BCUT2D eigenvalue weighted by Gasteiger charge is -2.20. The Balaban J connectivity index is 4.50. The summed E-state index contributed by atoms with van der Waals surface area (Å²) in [5.74, 6) is -0.902. The van der Waals surface area contributed by atoms with Crippen LogP contribution in [0.2, 0.25) is 0 Å². The van der Waals surface area contributed by atoms with Crippen LogP contribution in [0.25, 0.3) is 0 Å². The van der Waals surface area contributed by atoms with E-state index in [-0.39, 0.29) is 25.2 Å². The van der Waals surface area contributed by atoms with Crippen molar-refractivity contribution in [1.29, 1.82) is 0 Å². The number of unbranched alkanes of at least 4 members (excludes halogenated alkanes) is 10. The molecule has 0 amide bonds. The smallest absolute Gasteiger partial charge is 0.462 e. The van der Waals surface area contributed by atoms with E-state index >= 15 is 0 Å². The van der Waals surface area contributed by atoms with Crippen LogP contribution in [0, 0.1) is 0 Å². The first-order chi connectivity index (χ1) is 28.1. The van der Waals surface area contributed by atoms with E-state index in [4.69, 9.17) is 19.1 Å². The molecule has 1 unspecified atom stereocenters. The number of esters is 2. The highest BCUT2D eigenvalue weighted by molar-refractivity contribution is 7.47. The number of aliphatic hydroxyl groups is 2. The zero-order valence-corrected chi connectivity index (χ0v) is 36.4. The summed E-state index contributed by atoms with van der Waals surface area (Å²) in [5.41, 5.74) is 0. The van der Waals surface area contributed by atoms with E-state index in [0.717, 1.165) is 77.0 Å². The van der Waals surface area contributed by atoms with Crippen molar-refractivity contribution in [2.24, 2.45) is 0 Å². The number of allylic oxidation sites excluding steroid dienone is 14. The van der Waals surface area contributed by atoms with Gasteiger partial charge in [0.05, 0.1) is 19.8 Å². The second-order valence-corrected chi connectivity index (χ2v) is 15.5. The third kappa shape index (κ3) is 39.6. The molecule has 58 heavy (non-hydrogen) atoms. The van der Waals surface area contributed by atoms with Gasteiger partial charge in [-0.25, -0.2) is 4.57 Å². The lowest BCUT2D eigenvalue weighted by molar-refractivity contribution is -0.161. The first-order valence-corrected chi connectivity index (χ1v) is 23.0. The molecule has 0 saturated carbocycles. The molecular formula is C46H75O11P. The molecule has 0 aliphatic rings. The maximum atomic E-state index is 12.6. The van der Waals surface area contributed by atoms with Crippen molar-refractivity contribution in [1.82, 2.24) is 0 Å². The maximum absolute atomic E-state index is 12.6. The molecular weight excluding hydrogens is 759 g/mol. The van der Waals surface area contributed by atoms with Crippen LogP contribution in [-0.2, 0) is 37.5 Å². The van der Waals surface area contributed by atoms with E-state index in [1.165, 1.54) is 19.3 Å². The molecule has 3 atom stereocenters. The molecule has 0 heterocycles. The molecule has 0 aromatic rings. The molecule has 0 fully saturated rings. The van der Waals surface area contributed by atoms with Gasteiger partial charge in [0, 0.05) is 19.3 Å². The summed E-state index contributed by atoms with van der Waals surface area (Å²) in [7, 11) is -4.65. The van der Waals surface area contributed by atoms with Gasteiger partial charge in [-0.2, -0.15) is 0 Å². The number of hydrogen-bond donors (Lipinski definition) is 3. The van der Waals surface area contributed by atoms with E-state index < -0.39 is 51.8 Å². The molecule has 0 radical (unpaired) electrons. The number of carbonyl (C=O) groups is 3. The van der Waals surface area contributed by atoms with Gasteiger partial charge in [0.1, 0.15) is 12.7 Å². The second kappa shape index (κ2) is 40.6. The number of aliphatic hydroxyl groups excluding tert-OH is 2. The molecule has 0 rings (SSSR count). The van der Waals surface area contributed by atoms with Crippen molar-refractivity contribution in [3.05, 3.63) is 85.1 Å². The molecule has 0 bridgehead atoms. The highest BCUT2D eigenvalue weighted by Crippen LogP contribution is 2.43. The molecule has 0 aromatic heterocycles.